The van der Waals surface area contributed by atoms with Crippen molar-refractivity contribution >= 4 is 51.9 Å². The molecule has 6 atom stereocenters. The second-order valence-corrected chi connectivity index (χ2v) is 19.8. The van der Waals surface area contributed by atoms with E-state index in [0.29, 0.717) is 25.7 Å². The Morgan fingerprint density at radius 1 is 1.05 bits per heavy atom. The van der Waals surface area contributed by atoms with Crippen molar-refractivity contribution in [1.82, 2.24) is 30.5 Å². The zero-order chi connectivity index (χ0) is 43.0. The van der Waals surface area contributed by atoms with E-state index in [2.05, 4.69) is 27.3 Å². The van der Waals surface area contributed by atoms with Gasteiger partial charge < -0.3 is 35.1 Å². The number of ether oxygens (including phenoxy) is 3. The molecule has 3 saturated carbocycles. The summed E-state index contributed by atoms with van der Waals surface area (Å²) in [7, 11) is -3.95. The number of rotatable bonds is 8. The highest BCUT2D eigenvalue weighted by Gasteiger charge is 2.62. The van der Waals surface area contributed by atoms with Crippen LogP contribution in [0.2, 0.25) is 0 Å². The molecule has 4 bridgehead atoms. The van der Waals surface area contributed by atoms with E-state index >= 15 is 0 Å². The fraction of sp³-hybridized carbons (Fsp3) is 0.619. The number of benzene rings is 1. The van der Waals surface area contributed by atoms with Gasteiger partial charge in [-0.15, -0.1) is 6.58 Å². The minimum atomic E-state index is -3.95. The average molecular weight is 853 g/mol. The number of alkyl carbamates (subject to hydrolysis) is 1. The summed E-state index contributed by atoms with van der Waals surface area (Å²) >= 11 is 0. The summed E-state index contributed by atoms with van der Waals surface area (Å²) in [6, 6.07) is 2.01. The van der Waals surface area contributed by atoms with E-state index in [-0.39, 0.29) is 51.6 Å². The number of hydrogen-bond acceptors (Lipinski definition) is 11. The topological polar surface area (TPSA) is 219 Å². The van der Waals surface area contributed by atoms with E-state index in [4.69, 9.17) is 14.2 Å². The van der Waals surface area contributed by atoms with Gasteiger partial charge in [-0.1, -0.05) is 55.7 Å². The average Bonchev–Trinajstić information content (AvgIpc) is 4.09. The second-order valence-electron chi connectivity index (χ2n) is 17.8. The van der Waals surface area contributed by atoms with E-state index in [1.54, 1.807) is 31.7 Å². The van der Waals surface area contributed by atoms with Gasteiger partial charge in [0.1, 0.15) is 35.4 Å². The maximum Gasteiger partial charge on any atom is 0.410 e. The van der Waals surface area contributed by atoms with Gasteiger partial charge in [0.05, 0.1) is 31.6 Å². The van der Waals surface area contributed by atoms with E-state index in [0.717, 1.165) is 36.0 Å². The number of sulfonamides is 1. The van der Waals surface area contributed by atoms with Crippen LogP contribution in [0.15, 0.2) is 36.9 Å². The summed E-state index contributed by atoms with van der Waals surface area (Å²) in [5.41, 5.74) is 0.201. The quantitative estimate of drug-likeness (QED) is 0.279. The highest BCUT2D eigenvalue weighted by Crippen LogP contribution is 2.45. The molecule has 1 unspecified atom stereocenters. The molecule has 0 radical (unpaired) electrons. The fourth-order valence-corrected chi connectivity index (χ4v) is 10.1. The fourth-order valence-electron chi connectivity index (χ4n) is 8.69. The molecule has 3 heterocycles. The van der Waals surface area contributed by atoms with E-state index in [1.165, 1.54) is 11.0 Å². The van der Waals surface area contributed by atoms with Crippen molar-refractivity contribution in [3.63, 3.8) is 0 Å². The molecule has 0 spiro atoms. The summed E-state index contributed by atoms with van der Waals surface area (Å²) in [5, 5.41) is 7.59. The summed E-state index contributed by atoms with van der Waals surface area (Å²) in [4.78, 5) is 86.9. The minimum absolute atomic E-state index is 0.0746. The number of hydrogen-bond donors (Lipinski definition) is 4. The summed E-state index contributed by atoms with van der Waals surface area (Å²) in [6.45, 7) is 9.00. The van der Waals surface area contributed by atoms with Crippen molar-refractivity contribution in [3.05, 3.63) is 53.6 Å². The summed E-state index contributed by atoms with van der Waals surface area (Å²) < 4.78 is 45.1. The molecule has 7 rings (SSSR count). The number of nitrogens with one attached hydrogen (secondary N) is 4. The summed E-state index contributed by atoms with van der Waals surface area (Å²) in [6.07, 6.45) is 7.22. The molecule has 0 aromatic heterocycles. The molecular weight excluding hydrogens is 797 g/mol. The van der Waals surface area contributed by atoms with Crippen LogP contribution in [-0.2, 0) is 56.5 Å². The Kier molecular flexibility index (Phi) is 12.4. The van der Waals surface area contributed by atoms with Gasteiger partial charge in [-0.2, -0.15) is 0 Å². The minimum Gasteiger partial charge on any atom is -0.444 e. The van der Waals surface area contributed by atoms with Crippen LogP contribution in [0, 0.1) is 11.8 Å². The largest absolute Gasteiger partial charge is 0.444 e. The van der Waals surface area contributed by atoms with Gasteiger partial charge in [0.15, 0.2) is 0 Å². The van der Waals surface area contributed by atoms with Gasteiger partial charge >= 0.3 is 12.2 Å². The SMILES string of the molecule is C=C[C@@H]1CC1(NC(=O)[C@@H]1C[C@@H]2CN1C(=O)[C@H](C1CCCCC1)NC(=O)[C@@H](NC(=O)OC(C)(C)C)COC/C=C/c1cccc3c1CN(C3)C(=O)O2)C(=O)NS(=O)(=O)C1CC1. The predicted molar refractivity (Wildman–Crippen MR) is 217 cm³/mol. The van der Waals surface area contributed by atoms with Crippen LogP contribution in [0.1, 0.15) is 95.2 Å². The molecule has 1 aromatic carbocycles. The van der Waals surface area contributed by atoms with E-state index in [9.17, 15) is 37.2 Å². The molecule has 18 heteroatoms. The Bertz CT molecular complexity index is 2040. The maximum atomic E-state index is 15.0. The smallest absolute Gasteiger partial charge is 0.410 e. The van der Waals surface area contributed by atoms with Crippen LogP contribution in [0.4, 0.5) is 9.59 Å². The lowest BCUT2D eigenvalue weighted by Gasteiger charge is -2.35. The van der Waals surface area contributed by atoms with Crippen LogP contribution >= 0.6 is 0 Å². The summed E-state index contributed by atoms with van der Waals surface area (Å²) in [5.74, 6) is -3.85. The van der Waals surface area contributed by atoms with Crippen molar-refractivity contribution in [2.75, 3.05) is 19.8 Å². The van der Waals surface area contributed by atoms with Gasteiger partial charge in [-0.3, -0.25) is 28.8 Å². The molecule has 6 amide bonds. The van der Waals surface area contributed by atoms with Crippen molar-refractivity contribution in [3.8, 4) is 0 Å². The first kappa shape index (κ1) is 43.1. The van der Waals surface area contributed by atoms with Crippen molar-refractivity contribution in [1.29, 1.82) is 0 Å². The molecule has 3 aliphatic heterocycles. The van der Waals surface area contributed by atoms with E-state index in [1.807, 2.05) is 24.3 Å². The van der Waals surface area contributed by atoms with Gasteiger partial charge in [0, 0.05) is 18.9 Å². The normalized spacial score (nSPS) is 29.5. The highest BCUT2D eigenvalue weighted by atomic mass is 32.2. The second kappa shape index (κ2) is 17.2. The molecule has 17 nitrogen and oxygen atoms in total. The Labute approximate surface area is 350 Å². The van der Waals surface area contributed by atoms with E-state index < -0.39 is 92.4 Å². The van der Waals surface area contributed by atoms with Crippen LogP contribution in [-0.4, -0.2) is 114 Å². The van der Waals surface area contributed by atoms with Crippen LogP contribution in [0.5, 0.6) is 0 Å². The Morgan fingerprint density at radius 3 is 2.48 bits per heavy atom. The third kappa shape index (κ3) is 9.64. The third-order valence-electron chi connectivity index (χ3n) is 12.1. The molecule has 1 aromatic rings. The van der Waals surface area contributed by atoms with Gasteiger partial charge in [-0.05, 0) is 75.5 Å². The molecule has 4 N–H and O–H groups in total. The molecule has 4 fully saturated rings. The van der Waals surface area contributed by atoms with Gasteiger partial charge in [-0.25, -0.2) is 18.0 Å². The van der Waals surface area contributed by atoms with Crippen molar-refractivity contribution in [2.45, 2.75) is 132 Å². The molecule has 326 valence electrons. The Hall–Kier alpha value is -4.97. The first-order valence-corrected chi connectivity index (χ1v) is 22.4. The van der Waals surface area contributed by atoms with Crippen molar-refractivity contribution in [2.24, 2.45) is 11.8 Å². The lowest BCUT2D eigenvalue weighted by molar-refractivity contribution is -0.144. The zero-order valence-corrected chi connectivity index (χ0v) is 35.2. The van der Waals surface area contributed by atoms with Crippen molar-refractivity contribution < 1.29 is 51.4 Å². The Balaban J connectivity index is 1.21. The number of carbonyl (C=O) groups is 6. The standard InChI is InChI=1S/C42H56N6O11S/c1-5-28-20-42(28,38(52)46-60(55,56)30-16-17-30)45-36(50)33-19-29-22-48(33)37(51)34(26-11-7-6-8-12-26)44-35(49)32(43-39(53)59-41(2,3)4)24-57-18-10-15-25-13-9-14-27-21-47(23-31(25)27)40(54)58-29/h5,9-10,13-15,26,28-30,32-34H,1,6-8,11-12,16-24H2,2-4H3,(H,43,53)(H,44,49)(H,45,50)(H,46,52)/b15-10+/t28-,29-,32+,33+,34+,42?/m1/s1. The third-order valence-corrected chi connectivity index (χ3v) is 13.9. The Morgan fingerprint density at radius 2 is 1.80 bits per heavy atom. The van der Waals surface area contributed by atoms with Gasteiger partial charge in [0.2, 0.25) is 27.7 Å². The number of carbonyl (C=O) groups excluding carboxylic acids is 6. The maximum absolute atomic E-state index is 15.0. The first-order valence-electron chi connectivity index (χ1n) is 20.9. The molecule has 6 aliphatic rings. The lowest BCUT2D eigenvalue weighted by atomic mass is 9.83. The number of amides is 6. The molecule has 1 saturated heterocycles. The lowest BCUT2D eigenvalue weighted by Crippen LogP contribution is -2.61. The van der Waals surface area contributed by atoms with Crippen LogP contribution in [0.25, 0.3) is 6.08 Å². The number of nitrogens with zero attached hydrogens (tertiary/aromatic N) is 2. The monoisotopic (exact) mass is 852 g/mol. The van der Waals surface area contributed by atoms with Crippen LogP contribution < -0.4 is 20.7 Å². The molecular formula is C42H56N6O11S. The molecule has 60 heavy (non-hydrogen) atoms. The number of fused-ring (bicyclic) bond motifs is 3. The van der Waals surface area contributed by atoms with Crippen LogP contribution in [0.3, 0.4) is 0 Å². The predicted octanol–water partition coefficient (Wildman–Crippen LogP) is 2.78. The first-order chi connectivity index (χ1) is 28.5. The van der Waals surface area contributed by atoms with Gasteiger partial charge in [0.25, 0.3) is 5.91 Å². The highest BCUT2D eigenvalue weighted by molar-refractivity contribution is 7.91. The zero-order valence-electron chi connectivity index (χ0n) is 34.4. The molecule has 3 aliphatic carbocycles.